The number of unbranched alkanes of at least 4 members (excludes halogenated alkanes) is 40. The van der Waals surface area contributed by atoms with Crippen molar-refractivity contribution in [2.75, 3.05) is 40.9 Å². The van der Waals surface area contributed by atoms with Gasteiger partial charge in [0.15, 0.2) is 0 Å². The van der Waals surface area contributed by atoms with Crippen LogP contribution in [0.1, 0.15) is 335 Å². The summed E-state index contributed by atoms with van der Waals surface area (Å²) in [5.41, 5.74) is 0. The Kier molecular flexibility index (Phi) is 64.8. The Hall–Kier alpha value is -2.58. The molecule has 3 unspecified atom stereocenters. The Labute approximate surface area is 534 Å². The van der Waals surface area contributed by atoms with Crippen LogP contribution in [0, 0.1) is 0 Å². The molecule has 3 atom stereocenters. The van der Waals surface area contributed by atoms with Gasteiger partial charge in [0.1, 0.15) is 13.2 Å². The van der Waals surface area contributed by atoms with Gasteiger partial charge in [0.2, 0.25) is 5.91 Å². The van der Waals surface area contributed by atoms with Crippen molar-refractivity contribution in [3.05, 3.63) is 97.2 Å². The van der Waals surface area contributed by atoms with Crippen molar-refractivity contribution >= 4 is 13.7 Å². The summed E-state index contributed by atoms with van der Waals surface area (Å²) < 4.78 is 23.8. The molecule has 8 nitrogen and oxygen atoms in total. The van der Waals surface area contributed by atoms with Crippen LogP contribution in [0.15, 0.2) is 97.2 Å². The van der Waals surface area contributed by atoms with E-state index in [-0.39, 0.29) is 19.1 Å². The molecular formula is C77H142N2O6P+. The molecule has 0 radical (unpaired) electrons. The molecule has 0 spiro atoms. The number of allylic oxidation sites excluding steroid dienone is 15. The molecule has 0 aromatic heterocycles. The molecule has 0 aliphatic rings. The third-order valence-corrected chi connectivity index (χ3v) is 17.2. The highest BCUT2D eigenvalue weighted by Gasteiger charge is 2.28. The largest absolute Gasteiger partial charge is 0.472 e. The predicted octanol–water partition coefficient (Wildman–Crippen LogP) is 23.7. The average Bonchev–Trinajstić information content (AvgIpc) is 3.70. The second-order valence-electron chi connectivity index (χ2n) is 25.9. The van der Waals surface area contributed by atoms with E-state index in [0.29, 0.717) is 17.4 Å². The Bertz CT molecular complexity index is 1730. The highest BCUT2D eigenvalue weighted by atomic mass is 31.2. The molecule has 0 saturated carbocycles. The predicted molar refractivity (Wildman–Crippen MR) is 378 cm³/mol. The van der Waals surface area contributed by atoms with Crippen LogP contribution in [0.4, 0.5) is 0 Å². The highest BCUT2D eigenvalue weighted by molar-refractivity contribution is 7.47. The number of aliphatic hydroxyl groups is 1. The van der Waals surface area contributed by atoms with E-state index in [4.69, 9.17) is 9.05 Å². The smallest absolute Gasteiger partial charge is 0.387 e. The second kappa shape index (κ2) is 66.8. The van der Waals surface area contributed by atoms with Gasteiger partial charge in [0.05, 0.1) is 39.9 Å². The lowest BCUT2D eigenvalue weighted by Crippen LogP contribution is -2.45. The standard InChI is InChI=1S/C77H141N2O6P/c1-6-8-10-12-14-16-18-20-22-24-26-28-30-31-32-33-34-35-36-37-38-39-40-41-42-43-44-45-46-47-49-51-53-55-57-59-61-63-65-67-69-71-77(81)78-75(74-85-86(82,83)84-73-72-79(3,4)5)76(80)70-68-66-64-62-60-58-56-54-52-50-48-29-27-25-23-21-19-17-15-13-11-9-7-2/h8,10,14,16,20,22,26,28,31-32,52,54,60,62,68,70,75-76,80H,6-7,9,11-13,15,17-19,21,23-25,27,29-30,33-51,53,55-59,61,63-67,69,71-74H2,1-5H3,(H-,78,81,82,83)/p+1/b10-8-,16-14-,22-20-,28-26-,32-31-,54-52+,62-60+,70-68+. The Balaban J connectivity index is 3.99. The summed E-state index contributed by atoms with van der Waals surface area (Å²) in [6.07, 6.45) is 97.2. The average molecular weight is 1220 g/mol. The van der Waals surface area contributed by atoms with E-state index in [0.717, 1.165) is 77.0 Å². The summed E-state index contributed by atoms with van der Waals surface area (Å²) in [6.45, 7) is 4.71. The van der Waals surface area contributed by atoms with Crippen molar-refractivity contribution in [2.45, 2.75) is 347 Å². The fourth-order valence-corrected chi connectivity index (χ4v) is 11.4. The van der Waals surface area contributed by atoms with Crippen LogP contribution in [0.3, 0.4) is 0 Å². The number of likely N-dealkylation sites (N-methyl/N-ethyl adjacent to an activating group) is 1. The number of hydrogen-bond acceptors (Lipinski definition) is 5. The van der Waals surface area contributed by atoms with Gasteiger partial charge in [-0.15, -0.1) is 0 Å². The molecule has 3 N–H and O–H groups in total. The number of carbonyl (C=O) groups excluding carboxylic acids is 1. The highest BCUT2D eigenvalue weighted by Crippen LogP contribution is 2.43. The van der Waals surface area contributed by atoms with Crippen LogP contribution in [-0.2, 0) is 18.4 Å². The van der Waals surface area contributed by atoms with E-state index in [1.807, 2.05) is 27.2 Å². The van der Waals surface area contributed by atoms with Crippen LogP contribution >= 0.6 is 7.82 Å². The first kappa shape index (κ1) is 83.4. The molecule has 86 heavy (non-hydrogen) atoms. The Morgan fingerprint density at radius 2 is 0.709 bits per heavy atom. The van der Waals surface area contributed by atoms with Gasteiger partial charge < -0.3 is 19.8 Å². The molecule has 0 aliphatic carbocycles. The van der Waals surface area contributed by atoms with Gasteiger partial charge in [-0.05, 0) is 89.9 Å². The lowest BCUT2D eigenvalue weighted by atomic mass is 10.0. The third kappa shape index (κ3) is 68.9. The number of aliphatic hydroxyl groups excluding tert-OH is 1. The van der Waals surface area contributed by atoms with E-state index < -0.39 is 20.0 Å². The fraction of sp³-hybridized carbons (Fsp3) is 0.779. The lowest BCUT2D eigenvalue weighted by molar-refractivity contribution is -0.870. The van der Waals surface area contributed by atoms with Gasteiger partial charge >= 0.3 is 7.82 Å². The number of hydrogen-bond donors (Lipinski definition) is 3. The summed E-state index contributed by atoms with van der Waals surface area (Å²) in [6, 6.07) is -0.873. The molecule has 0 rings (SSSR count). The maximum atomic E-state index is 13.1. The van der Waals surface area contributed by atoms with Gasteiger partial charge in [-0.2, -0.15) is 0 Å². The second-order valence-corrected chi connectivity index (χ2v) is 27.4. The van der Waals surface area contributed by atoms with Crippen molar-refractivity contribution in [1.82, 2.24) is 5.32 Å². The summed E-state index contributed by atoms with van der Waals surface area (Å²) in [4.78, 5) is 23.4. The van der Waals surface area contributed by atoms with Crippen molar-refractivity contribution in [3.8, 4) is 0 Å². The van der Waals surface area contributed by atoms with Gasteiger partial charge in [-0.1, -0.05) is 336 Å². The molecule has 0 aliphatic heterocycles. The topological polar surface area (TPSA) is 105 Å². The lowest BCUT2D eigenvalue weighted by Gasteiger charge is -2.25. The molecule has 500 valence electrons. The zero-order chi connectivity index (χ0) is 62.6. The number of rotatable bonds is 67. The van der Waals surface area contributed by atoms with E-state index in [9.17, 15) is 19.4 Å². The minimum atomic E-state index is -4.37. The fourth-order valence-electron chi connectivity index (χ4n) is 10.6. The molecule has 9 heteroatoms. The summed E-state index contributed by atoms with van der Waals surface area (Å²) in [5, 5.41) is 14.0. The number of quaternary nitrogens is 1. The number of phosphoric acid groups is 1. The SMILES string of the molecule is CC/C=C\C/C=C\C/C=C\C/C=C\C/C=C\CCCCCCCCCCCCCCCCCCCCCCCCCCCC(=O)NC(COP(=O)(O)OCC[N+](C)(C)C)C(O)/C=C/CC/C=C/CC/C=C/CCCCCCCCCCCCCCC. The van der Waals surface area contributed by atoms with Crippen LogP contribution < -0.4 is 5.32 Å². The number of carbonyl (C=O) groups is 1. The summed E-state index contributed by atoms with van der Waals surface area (Å²) in [7, 11) is 1.55. The van der Waals surface area contributed by atoms with Crippen LogP contribution in [0.25, 0.3) is 0 Å². The number of amides is 1. The quantitative estimate of drug-likeness (QED) is 0.0243. The first-order valence-corrected chi connectivity index (χ1v) is 38.1. The van der Waals surface area contributed by atoms with Gasteiger partial charge in [0.25, 0.3) is 0 Å². The first-order chi connectivity index (χ1) is 42.0. The van der Waals surface area contributed by atoms with Crippen molar-refractivity contribution in [1.29, 1.82) is 0 Å². The summed E-state index contributed by atoms with van der Waals surface area (Å²) >= 11 is 0. The van der Waals surface area contributed by atoms with Crippen LogP contribution in [0.2, 0.25) is 0 Å². The van der Waals surface area contributed by atoms with Crippen molar-refractivity contribution < 1.29 is 32.9 Å². The number of phosphoric ester groups is 1. The van der Waals surface area contributed by atoms with Crippen molar-refractivity contribution in [3.63, 3.8) is 0 Å². The maximum Gasteiger partial charge on any atom is 0.472 e. The molecule has 0 aromatic carbocycles. The maximum absolute atomic E-state index is 13.1. The van der Waals surface area contributed by atoms with Crippen LogP contribution in [0.5, 0.6) is 0 Å². The molecule has 1 amide bonds. The van der Waals surface area contributed by atoms with Crippen LogP contribution in [-0.4, -0.2) is 73.4 Å². The van der Waals surface area contributed by atoms with E-state index >= 15 is 0 Å². The third-order valence-electron chi connectivity index (χ3n) is 16.3. The van der Waals surface area contributed by atoms with Gasteiger partial charge in [-0.3, -0.25) is 13.8 Å². The Morgan fingerprint density at radius 3 is 1.07 bits per heavy atom. The molecular weight excluding hydrogens is 1080 g/mol. The van der Waals surface area contributed by atoms with Crippen molar-refractivity contribution in [2.24, 2.45) is 0 Å². The molecule has 0 fully saturated rings. The summed E-state index contributed by atoms with van der Waals surface area (Å²) in [5.74, 6) is -0.187. The van der Waals surface area contributed by atoms with E-state index in [1.54, 1.807) is 6.08 Å². The normalized spacial score (nSPS) is 14.2. The number of nitrogens with one attached hydrogen (secondary N) is 1. The monoisotopic (exact) mass is 1220 g/mol. The first-order valence-electron chi connectivity index (χ1n) is 36.6. The van der Waals surface area contributed by atoms with E-state index in [1.165, 1.54) is 238 Å². The molecule has 0 aromatic rings. The molecule has 0 heterocycles. The van der Waals surface area contributed by atoms with E-state index in [2.05, 4.69) is 104 Å². The molecule has 0 bridgehead atoms. The molecule has 0 saturated heterocycles. The van der Waals surface area contributed by atoms with Gasteiger partial charge in [0, 0.05) is 6.42 Å². The minimum Gasteiger partial charge on any atom is -0.387 e. The zero-order valence-corrected chi connectivity index (χ0v) is 58.2. The Morgan fingerprint density at radius 1 is 0.407 bits per heavy atom. The van der Waals surface area contributed by atoms with Gasteiger partial charge in [-0.25, -0.2) is 4.57 Å². The minimum absolute atomic E-state index is 0.0526. The number of nitrogens with zero attached hydrogens (tertiary/aromatic N) is 1. The zero-order valence-electron chi connectivity index (χ0n) is 57.3.